The number of hydrogen-bond donors (Lipinski definition) is 4. The number of likely N-dealkylation sites (N-methyl/N-ethyl adjacent to an activating group) is 1. The number of benzene rings is 4. The number of nitrogens with one attached hydrogen (secondary N) is 2. The average Bonchev–Trinajstić information content (AvgIpc) is 3.13. The van der Waals surface area contributed by atoms with E-state index >= 15 is 0 Å². The van der Waals surface area contributed by atoms with Crippen molar-refractivity contribution in [2.45, 2.75) is 45.4 Å². The number of ether oxygens (including phenoxy) is 1. The molecule has 0 aliphatic carbocycles. The van der Waals surface area contributed by atoms with Crippen LogP contribution in [-0.2, 0) is 29.0 Å². The number of amides is 3. The summed E-state index contributed by atoms with van der Waals surface area (Å²) in [6, 6.07) is 29.2. The molecule has 4 aromatic rings. The molecule has 10 heteroatoms. The number of nitrogens with two attached hydrogens (primary N) is 1. The number of para-hydroxylation sites is 2. The Morgan fingerprint density at radius 2 is 1.69 bits per heavy atom. The van der Waals surface area contributed by atoms with Gasteiger partial charge in [0, 0.05) is 42.4 Å². The Bertz CT molecular complexity index is 1750. The Morgan fingerprint density at radius 3 is 2.41 bits per heavy atom. The molecule has 0 fully saturated rings. The molecule has 3 amide bonds. The molecule has 4 aromatic carbocycles. The first-order chi connectivity index (χ1) is 23.6. The van der Waals surface area contributed by atoms with Crippen molar-refractivity contribution in [2.75, 3.05) is 43.1 Å². The minimum absolute atomic E-state index is 0.0619. The van der Waals surface area contributed by atoms with Crippen molar-refractivity contribution in [3.63, 3.8) is 0 Å². The second-order valence-electron chi connectivity index (χ2n) is 12.9. The van der Waals surface area contributed by atoms with Gasteiger partial charge in [0.15, 0.2) is 0 Å². The lowest BCUT2D eigenvalue weighted by molar-refractivity contribution is -0.134. The van der Waals surface area contributed by atoms with Gasteiger partial charge in [-0.2, -0.15) is 0 Å². The van der Waals surface area contributed by atoms with Gasteiger partial charge in [0.2, 0.25) is 11.8 Å². The summed E-state index contributed by atoms with van der Waals surface area (Å²) in [5, 5.41) is 15.8. The van der Waals surface area contributed by atoms with Crippen molar-refractivity contribution in [1.29, 1.82) is 0 Å². The van der Waals surface area contributed by atoms with E-state index in [2.05, 4.69) is 22.5 Å². The second-order valence-corrected chi connectivity index (χ2v) is 12.9. The zero-order valence-electron chi connectivity index (χ0n) is 28.3. The fraction of sp³-hybridized carbons (Fsp3) is 0.308. The van der Waals surface area contributed by atoms with Crippen molar-refractivity contribution >= 4 is 34.8 Å². The highest BCUT2D eigenvalue weighted by molar-refractivity contribution is 6.05. The SMILES string of the molecule is C[C@H](CO)N1C[C@H](C)[C@@H](CN(C)Cc2ccc(C(=O)Nc3ccccc3N)cc2)Oc2ccc(NC(=O)Cc3ccccc3)cc2CC1=O. The van der Waals surface area contributed by atoms with E-state index in [4.69, 9.17) is 10.5 Å². The Balaban J connectivity index is 1.29. The van der Waals surface area contributed by atoms with Crippen LogP contribution in [0.4, 0.5) is 17.1 Å². The predicted octanol–water partition coefficient (Wildman–Crippen LogP) is 4.98. The molecule has 1 heterocycles. The van der Waals surface area contributed by atoms with Crippen molar-refractivity contribution in [3.05, 3.63) is 119 Å². The van der Waals surface area contributed by atoms with Gasteiger partial charge in [0.25, 0.3) is 5.91 Å². The Morgan fingerprint density at radius 1 is 0.980 bits per heavy atom. The van der Waals surface area contributed by atoms with E-state index in [1.807, 2.05) is 74.6 Å². The molecule has 256 valence electrons. The van der Waals surface area contributed by atoms with E-state index in [0.717, 1.165) is 11.1 Å². The molecule has 0 bridgehead atoms. The summed E-state index contributed by atoms with van der Waals surface area (Å²) in [6.07, 6.45) is 0.0245. The molecule has 5 N–H and O–H groups in total. The van der Waals surface area contributed by atoms with Crippen molar-refractivity contribution in [2.24, 2.45) is 5.92 Å². The predicted molar refractivity (Wildman–Crippen MR) is 192 cm³/mol. The van der Waals surface area contributed by atoms with Gasteiger partial charge in [-0.3, -0.25) is 19.3 Å². The van der Waals surface area contributed by atoms with E-state index in [1.54, 1.807) is 41.3 Å². The monoisotopic (exact) mass is 663 g/mol. The van der Waals surface area contributed by atoms with Crippen LogP contribution in [-0.4, -0.2) is 71.5 Å². The number of carbonyl (C=O) groups is 3. The summed E-state index contributed by atoms with van der Waals surface area (Å²) in [4.78, 5) is 43.1. The third-order valence-corrected chi connectivity index (χ3v) is 8.78. The molecule has 0 radical (unpaired) electrons. The molecule has 3 atom stereocenters. The number of nitrogen functional groups attached to an aromatic ring is 1. The van der Waals surface area contributed by atoms with Crippen LogP contribution >= 0.6 is 0 Å². The van der Waals surface area contributed by atoms with E-state index < -0.39 is 0 Å². The van der Waals surface area contributed by atoms with Crippen LogP contribution in [0.1, 0.15) is 40.9 Å². The summed E-state index contributed by atoms with van der Waals surface area (Å²) < 4.78 is 6.66. The lowest BCUT2D eigenvalue weighted by Gasteiger charge is -2.34. The van der Waals surface area contributed by atoms with Gasteiger partial charge in [-0.05, 0) is 67.6 Å². The minimum Gasteiger partial charge on any atom is -0.488 e. The molecular formula is C39H45N5O5. The van der Waals surface area contributed by atoms with Gasteiger partial charge >= 0.3 is 0 Å². The first kappa shape index (κ1) is 35.1. The lowest BCUT2D eigenvalue weighted by Crippen LogP contribution is -2.47. The van der Waals surface area contributed by atoms with Gasteiger partial charge in [-0.25, -0.2) is 0 Å². The quantitative estimate of drug-likeness (QED) is 0.166. The topological polar surface area (TPSA) is 137 Å². The molecule has 1 aliphatic heterocycles. The number of fused-ring (bicyclic) bond motifs is 1. The van der Waals surface area contributed by atoms with Gasteiger partial charge in [0.05, 0.1) is 36.9 Å². The molecule has 49 heavy (non-hydrogen) atoms. The van der Waals surface area contributed by atoms with E-state index in [-0.39, 0.29) is 55.2 Å². The van der Waals surface area contributed by atoms with Crippen LogP contribution in [0.15, 0.2) is 97.1 Å². The van der Waals surface area contributed by atoms with Crippen LogP contribution in [0.5, 0.6) is 5.75 Å². The van der Waals surface area contributed by atoms with E-state index in [1.165, 1.54) is 0 Å². The molecule has 10 nitrogen and oxygen atoms in total. The summed E-state index contributed by atoms with van der Waals surface area (Å²) >= 11 is 0. The maximum atomic E-state index is 13.6. The molecule has 0 saturated heterocycles. The van der Waals surface area contributed by atoms with Gasteiger partial charge in [-0.15, -0.1) is 0 Å². The first-order valence-electron chi connectivity index (χ1n) is 16.6. The Labute approximate surface area is 287 Å². The number of anilines is 3. The maximum Gasteiger partial charge on any atom is 0.255 e. The smallest absolute Gasteiger partial charge is 0.255 e. The molecular weight excluding hydrogens is 618 g/mol. The largest absolute Gasteiger partial charge is 0.488 e. The average molecular weight is 664 g/mol. The highest BCUT2D eigenvalue weighted by atomic mass is 16.5. The second kappa shape index (κ2) is 16.3. The van der Waals surface area contributed by atoms with E-state index in [9.17, 15) is 19.5 Å². The maximum absolute atomic E-state index is 13.6. The summed E-state index contributed by atoms with van der Waals surface area (Å²) in [5.74, 6) is 0.0267. The van der Waals surface area contributed by atoms with Crippen molar-refractivity contribution in [1.82, 2.24) is 9.80 Å². The summed E-state index contributed by atoms with van der Waals surface area (Å²) in [6.45, 7) is 5.32. The normalized spacial score (nSPS) is 16.8. The number of aliphatic hydroxyl groups is 1. The molecule has 0 spiro atoms. The molecule has 0 unspecified atom stereocenters. The van der Waals surface area contributed by atoms with Crippen LogP contribution in [0, 0.1) is 5.92 Å². The third-order valence-electron chi connectivity index (χ3n) is 8.78. The Hall–Kier alpha value is -5.19. The first-order valence-corrected chi connectivity index (χ1v) is 16.6. The van der Waals surface area contributed by atoms with Gasteiger partial charge in [-0.1, -0.05) is 61.5 Å². The van der Waals surface area contributed by atoms with Crippen LogP contribution in [0.2, 0.25) is 0 Å². The van der Waals surface area contributed by atoms with Crippen molar-refractivity contribution < 1.29 is 24.2 Å². The van der Waals surface area contributed by atoms with Crippen molar-refractivity contribution in [3.8, 4) is 5.75 Å². The summed E-state index contributed by atoms with van der Waals surface area (Å²) in [5.41, 5.74) is 10.8. The third kappa shape index (κ3) is 9.46. The highest BCUT2D eigenvalue weighted by Gasteiger charge is 2.31. The standard InChI is InChI=1S/C39H45N5O5/c1-26-22-44(27(2)25-45)38(47)21-31-20-32(41-37(46)19-28-9-5-4-6-10-28)17-18-35(31)49-36(26)24-43(3)23-29-13-15-30(16-14-29)39(48)42-34-12-8-7-11-33(34)40/h4-18,20,26-27,36,45H,19,21-25,40H2,1-3H3,(H,41,46)(H,42,48)/t26-,27+,36+/m0/s1. The molecule has 5 rings (SSSR count). The molecule has 0 saturated carbocycles. The number of hydrogen-bond acceptors (Lipinski definition) is 7. The highest BCUT2D eigenvalue weighted by Crippen LogP contribution is 2.29. The minimum atomic E-state index is -0.363. The molecule has 0 aromatic heterocycles. The van der Waals surface area contributed by atoms with Gasteiger partial charge in [0.1, 0.15) is 11.9 Å². The lowest BCUT2D eigenvalue weighted by atomic mass is 10.0. The number of carbonyl (C=O) groups excluding carboxylic acids is 3. The fourth-order valence-corrected chi connectivity index (χ4v) is 5.96. The summed E-state index contributed by atoms with van der Waals surface area (Å²) in [7, 11) is 2.01. The fourth-order valence-electron chi connectivity index (χ4n) is 5.96. The van der Waals surface area contributed by atoms with Crippen LogP contribution < -0.4 is 21.1 Å². The van der Waals surface area contributed by atoms with Crippen LogP contribution in [0.3, 0.4) is 0 Å². The number of nitrogens with zero attached hydrogens (tertiary/aromatic N) is 2. The number of rotatable bonds is 11. The molecule has 1 aliphatic rings. The van der Waals surface area contributed by atoms with Crippen LogP contribution in [0.25, 0.3) is 0 Å². The zero-order valence-corrected chi connectivity index (χ0v) is 28.3. The zero-order chi connectivity index (χ0) is 34.9. The van der Waals surface area contributed by atoms with Gasteiger partial charge < -0.3 is 31.1 Å². The Kier molecular flexibility index (Phi) is 11.7. The van der Waals surface area contributed by atoms with E-state index in [0.29, 0.717) is 53.6 Å². The number of aliphatic hydroxyl groups excluding tert-OH is 1.